The first-order valence-electron chi connectivity index (χ1n) is 10.0. The first-order valence-corrected chi connectivity index (χ1v) is 10.0. The lowest BCUT2D eigenvalue weighted by molar-refractivity contribution is 0.117. The molecule has 3 heterocycles. The number of ether oxygens (including phenoxy) is 1. The third kappa shape index (κ3) is 6.94. The maximum absolute atomic E-state index is 5.72. The molecule has 0 amide bonds. The van der Waals surface area contributed by atoms with Gasteiger partial charge in [0, 0.05) is 44.7 Å². The van der Waals surface area contributed by atoms with E-state index < -0.39 is 0 Å². The average molecular weight is 490 g/mol. The van der Waals surface area contributed by atoms with Gasteiger partial charge in [-0.3, -0.25) is 9.89 Å². The molecule has 0 spiro atoms. The maximum atomic E-state index is 5.72. The van der Waals surface area contributed by atoms with E-state index in [0.717, 1.165) is 63.8 Å². The zero-order valence-corrected chi connectivity index (χ0v) is 19.1. The third-order valence-corrected chi connectivity index (χ3v) is 5.41. The van der Waals surface area contributed by atoms with Crippen molar-refractivity contribution in [1.82, 2.24) is 15.5 Å². The van der Waals surface area contributed by atoms with Crippen molar-refractivity contribution in [3.63, 3.8) is 0 Å². The molecule has 2 fully saturated rings. The molecule has 0 aliphatic carbocycles. The van der Waals surface area contributed by atoms with Crippen LogP contribution in [0.5, 0.6) is 0 Å². The summed E-state index contributed by atoms with van der Waals surface area (Å²) in [6.45, 7) is 11.5. The lowest BCUT2D eigenvalue weighted by Crippen LogP contribution is -2.47. The van der Waals surface area contributed by atoms with Gasteiger partial charge in [-0.1, -0.05) is 6.92 Å². The molecule has 27 heavy (non-hydrogen) atoms. The molecule has 0 saturated carbocycles. The summed E-state index contributed by atoms with van der Waals surface area (Å²) in [5, 5.41) is 7.14. The summed E-state index contributed by atoms with van der Waals surface area (Å²) in [6.07, 6.45) is 5.11. The quantitative estimate of drug-likeness (QED) is 0.350. The fourth-order valence-corrected chi connectivity index (χ4v) is 3.68. The number of nitrogens with zero attached hydrogens (tertiary/aromatic N) is 2. The van der Waals surface area contributed by atoms with Crippen LogP contribution in [-0.2, 0) is 11.2 Å². The summed E-state index contributed by atoms with van der Waals surface area (Å²) in [5.74, 6) is 2.50. The molecule has 2 N–H and O–H groups in total. The SMILES string of the molecule is CC1CN(C(C)C)CC1NC(=NCC1CCCO1)NCCc1ccco1.I. The molecule has 3 rings (SSSR count). The van der Waals surface area contributed by atoms with E-state index in [1.807, 2.05) is 12.1 Å². The first kappa shape index (κ1) is 22.5. The summed E-state index contributed by atoms with van der Waals surface area (Å²) in [4.78, 5) is 7.34. The van der Waals surface area contributed by atoms with Crippen LogP contribution in [0.4, 0.5) is 0 Å². The predicted molar refractivity (Wildman–Crippen MR) is 120 cm³/mol. The number of hydrogen-bond acceptors (Lipinski definition) is 4. The van der Waals surface area contributed by atoms with E-state index in [2.05, 4.69) is 36.3 Å². The monoisotopic (exact) mass is 490 g/mol. The molecule has 1 aromatic heterocycles. The highest BCUT2D eigenvalue weighted by Crippen LogP contribution is 2.18. The first-order chi connectivity index (χ1) is 12.6. The topological polar surface area (TPSA) is 62.0 Å². The highest BCUT2D eigenvalue weighted by molar-refractivity contribution is 14.0. The van der Waals surface area contributed by atoms with Crippen molar-refractivity contribution in [3.8, 4) is 0 Å². The van der Waals surface area contributed by atoms with Gasteiger partial charge in [-0.2, -0.15) is 0 Å². The number of halogens is 1. The Bertz CT molecular complexity index is 558. The number of rotatable bonds is 7. The molecule has 1 aromatic rings. The van der Waals surface area contributed by atoms with Gasteiger partial charge in [0.05, 0.1) is 18.9 Å². The van der Waals surface area contributed by atoms with Crippen LogP contribution in [-0.4, -0.2) is 61.8 Å². The van der Waals surface area contributed by atoms with E-state index in [4.69, 9.17) is 14.1 Å². The molecule has 7 heteroatoms. The van der Waals surface area contributed by atoms with Gasteiger partial charge in [0.1, 0.15) is 5.76 Å². The number of aliphatic imine (C=N–C) groups is 1. The Kier molecular flexibility index (Phi) is 9.38. The Hall–Kier alpha value is -0.800. The number of nitrogens with one attached hydrogen (secondary N) is 2. The van der Waals surface area contributed by atoms with Crippen molar-refractivity contribution >= 4 is 29.9 Å². The van der Waals surface area contributed by atoms with Crippen molar-refractivity contribution in [2.24, 2.45) is 10.9 Å². The summed E-state index contributed by atoms with van der Waals surface area (Å²) in [5.41, 5.74) is 0. The average Bonchev–Trinajstić information content (AvgIpc) is 3.35. The fraction of sp³-hybridized carbons (Fsp3) is 0.750. The zero-order chi connectivity index (χ0) is 18.4. The molecule has 3 atom stereocenters. The molecule has 2 saturated heterocycles. The van der Waals surface area contributed by atoms with Crippen LogP contribution >= 0.6 is 24.0 Å². The van der Waals surface area contributed by atoms with Gasteiger partial charge < -0.3 is 19.8 Å². The lowest BCUT2D eigenvalue weighted by Gasteiger charge is -2.22. The van der Waals surface area contributed by atoms with Crippen molar-refractivity contribution in [2.75, 3.05) is 32.8 Å². The Morgan fingerprint density at radius 1 is 1.37 bits per heavy atom. The second-order valence-electron chi connectivity index (χ2n) is 7.86. The molecule has 3 unspecified atom stereocenters. The van der Waals surface area contributed by atoms with Gasteiger partial charge in [0.15, 0.2) is 5.96 Å². The number of guanidine groups is 1. The minimum atomic E-state index is 0. The predicted octanol–water partition coefficient (Wildman–Crippen LogP) is 2.88. The lowest BCUT2D eigenvalue weighted by atomic mass is 10.1. The van der Waals surface area contributed by atoms with Crippen LogP contribution in [0.2, 0.25) is 0 Å². The van der Waals surface area contributed by atoms with E-state index in [9.17, 15) is 0 Å². The largest absolute Gasteiger partial charge is 0.469 e. The molecule has 0 aromatic carbocycles. The zero-order valence-electron chi connectivity index (χ0n) is 16.8. The van der Waals surface area contributed by atoms with Crippen molar-refractivity contribution < 1.29 is 9.15 Å². The van der Waals surface area contributed by atoms with Gasteiger partial charge in [-0.25, -0.2) is 0 Å². The number of hydrogen-bond donors (Lipinski definition) is 2. The Morgan fingerprint density at radius 2 is 2.22 bits per heavy atom. The molecule has 154 valence electrons. The van der Waals surface area contributed by atoms with Crippen molar-refractivity contribution in [2.45, 2.75) is 58.2 Å². The second-order valence-corrected chi connectivity index (χ2v) is 7.86. The Balaban J connectivity index is 0.00000261. The Morgan fingerprint density at radius 3 is 2.85 bits per heavy atom. The number of furan rings is 1. The summed E-state index contributed by atoms with van der Waals surface area (Å²) in [6, 6.07) is 4.96. The van der Waals surface area contributed by atoms with Crippen LogP contribution < -0.4 is 10.6 Å². The van der Waals surface area contributed by atoms with Gasteiger partial charge in [0.25, 0.3) is 0 Å². The second kappa shape index (κ2) is 11.3. The van der Waals surface area contributed by atoms with E-state index in [0.29, 0.717) is 18.0 Å². The van der Waals surface area contributed by atoms with E-state index in [1.54, 1.807) is 6.26 Å². The normalized spacial score (nSPS) is 26.4. The van der Waals surface area contributed by atoms with Crippen LogP contribution in [0.3, 0.4) is 0 Å². The number of likely N-dealkylation sites (tertiary alicyclic amines) is 1. The minimum Gasteiger partial charge on any atom is -0.469 e. The Labute approximate surface area is 180 Å². The van der Waals surface area contributed by atoms with Gasteiger partial charge in [-0.05, 0) is 44.7 Å². The smallest absolute Gasteiger partial charge is 0.191 e. The molecular weight excluding hydrogens is 455 g/mol. The van der Waals surface area contributed by atoms with Crippen LogP contribution in [0.1, 0.15) is 39.4 Å². The minimum absolute atomic E-state index is 0. The van der Waals surface area contributed by atoms with E-state index in [1.165, 1.54) is 0 Å². The summed E-state index contributed by atoms with van der Waals surface area (Å²) in [7, 11) is 0. The van der Waals surface area contributed by atoms with Crippen LogP contribution in [0.15, 0.2) is 27.8 Å². The van der Waals surface area contributed by atoms with E-state index in [-0.39, 0.29) is 30.1 Å². The third-order valence-electron chi connectivity index (χ3n) is 5.41. The molecule has 2 aliphatic heterocycles. The molecule has 6 nitrogen and oxygen atoms in total. The van der Waals surface area contributed by atoms with Gasteiger partial charge >= 0.3 is 0 Å². The summed E-state index contributed by atoms with van der Waals surface area (Å²) < 4.78 is 11.1. The van der Waals surface area contributed by atoms with Gasteiger partial charge in [0.2, 0.25) is 0 Å². The van der Waals surface area contributed by atoms with Crippen LogP contribution in [0.25, 0.3) is 0 Å². The standard InChI is InChI=1S/C20H34N4O2.HI/c1-15(2)24-13-16(3)19(14-24)23-20(22-12-18-7-5-11-26-18)21-9-8-17-6-4-10-25-17;/h4,6,10,15-16,18-19H,5,7-9,11-14H2,1-3H3,(H2,21,22,23);1H. The molecule has 0 radical (unpaired) electrons. The van der Waals surface area contributed by atoms with E-state index >= 15 is 0 Å². The highest BCUT2D eigenvalue weighted by Gasteiger charge is 2.31. The van der Waals surface area contributed by atoms with Gasteiger partial charge in [-0.15, -0.1) is 24.0 Å². The molecule has 2 aliphatic rings. The molecular formula is C20H35IN4O2. The van der Waals surface area contributed by atoms with Crippen LogP contribution in [0, 0.1) is 5.92 Å². The molecule has 0 bridgehead atoms. The maximum Gasteiger partial charge on any atom is 0.191 e. The summed E-state index contributed by atoms with van der Waals surface area (Å²) >= 11 is 0. The van der Waals surface area contributed by atoms with Crippen molar-refractivity contribution in [3.05, 3.63) is 24.2 Å². The van der Waals surface area contributed by atoms with Crippen molar-refractivity contribution in [1.29, 1.82) is 0 Å². The highest BCUT2D eigenvalue weighted by atomic mass is 127. The fourth-order valence-electron chi connectivity index (χ4n) is 3.68.